The number of sulfonamides is 1. The summed E-state index contributed by atoms with van der Waals surface area (Å²) in [6, 6.07) is 3.34. The van der Waals surface area contributed by atoms with Crippen molar-refractivity contribution in [2.45, 2.75) is 35.6 Å². The maximum atomic E-state index is 12.0. The molecule has 2 fully saturated rings. The van der Waals surface area contributed by atoms with E-state index in [0.717, 1.165) is 12.8 Å². The molecule has 0 aromatic carbocycles. The van der Waals surface area contributed by atoms with Gasteiger partial charge in [-0.1, -0.05) is 6.07 Å². The molecule has 1 atom stereocenters. The lowest BCUT2D eigenvalue weighted by Gasteiger charge is -2.15. The van der Waals surface area contributed by atoms with E-state index >= 15 is 0 Å². The third-order valence-electron chi connectivity index (χ3n) is 3.23. The van der Waals surface area contributed by atoms with E-state index in [0.29, 0.717) is 16.8 Å². The monoisotopic (exact) mass is 286 g/mol. The summed E-state index contributed by atoms with van der Waals surface area (Å²) in [7, 11) is -3.46. The Kier molecular flexibility index (Phi) is 2.91. The number of amides is 1. The largest absolute Gasteiger partial charge is 0.338 e. The zero-order valence-corrected chi connectivity index (χ0v) is 11.3. The van der Waals surface area contributed by atoms with Crippen molar-refractivity contribution in [2.24, 2.45) is 0 Å². The molecule has 1 N–H and O–H groups in total. The minimum Gasteiger partial charge on any atom is -0.338 e. The second-order valence-electron chi connectivity index (χ2n) is 4.73. The van der Waals surface area contributed by atoms with Gasteiger partial charge in [-0.05, 0) is 24.3 Å². The van der Waals surface area contributed by atoms with Crippen LogP contribution in [0.1, 0.15) is 19.3 Å². The summed E-state index contributed by atoms with van der Waals surface area (Å²) in [4.78, 5) is 13.5. The number of thiophene rings is 1. The summed E-state index contributed by atoms with van der Waals surface area (Å²) in [5.74, 6) is 0.0661. The fourth-order valence-corrected chi connectivity index (χ4v) is 4.48. The number of hydrogen-bond acceptors (Lipinski definition) is 4. The van der Waals surface area contributed by atoms with Crippen molar-refractivity contribution >= 4 is 27.3 Å². The maximum Gasteiger partial charge on any atom is 0.250 e. The van der Waals surface area contributed by atoms with Gasteiger partial charge in [-0.2, -0.15) is 0 Å². The van der Waals surface area contributed by atoms with Crippen LogP contribution in [0.3, 0.4) is 0 Å². The molecule has 1 saturated heterocycles. The van der Waals surface area contributed by atoms with E-state index in [4.69, 9.17) is 0 Å². The first-order valence-corrected chi connectivity index (χ1v) is 8.28. The fraction of sp³-hybridized carbons (Fsp3) is 0.545. The lowest BCUT2D eigenvalue weighted by Crippen LogP contribution is -2.37. The highest BCUT2D eigenvalue weighted by molar-refractivity contribution is 7.91. The van der Waals surface area contributed by atoms with E-state index in [2.05, 4.69) is 4.72 Å². The van der Waals surface area contributed by atoms with Crippen LogP contribution in [0, 0.1) is 0 Å². The highest BCUT2D eigenvalue weighted by Crippen LogP contribution is 2.31. The predicted molar refractivity (Wildman–Crippen MR) is 67.8 cm³/mol. The van der Waals surface area contributed by atoms with Crippen LogP contribution in [-0.2, 0) is 14.8 Å². The Bertz CT molecular complexity index is 549. The highest BCUT2D eigenvalue weighted by atomic mass is 32.2. The summed E-state index contributed by atoms with van der Waals surface area (Å²) in [5.41, 5.74) is 0. The Morgan fingerprint density at radius 2 is 2.17 bits per heavy atom. The highest BCUT2D eigenvalue weighted by Gasteiger charge is 2.40. The Morgan fingerprint density at radius 1 is 1.39 bits per heavy atom. The Labute approximate surface area is 110 Å². The Hall–Kier alpha value is -0.920. The van der Waals surface area contributed by atoms with Crippen molar-refractivity contribution in [2.75, 3.05) is 6.54 Å². The Balaban J connectivity index is 1.69. The summed E-state index contributed by atoms with van der Waals surface area (Å²) in [6.45, 7) is 0.508. The zero-order valence-electron chi connectivity index (χ0n) is 9.70. The molecule has 98 valence electrons. The molecule has 18 heavy (non-hydrogen) atoms. The molecule has 1 unspecified atom stereocenters. The third kappa shape index (κ3) is 2.30. The molecule has 7 heteroatoms. The Morgan fingerprint density at radius 3 is 2.78 bits per heavy atom. The van der Waals surface area contributed by atoms with E-state index in [1.54, 1.807) is 17.5 Å². The first-order valence-electron chi connectivity index (χ1n) is 5.91. The lowest BCUT2D eigenvalue weighted by molar-refractivity contribution is -0.128. The van der Waals surface area contributed by atoms with E-state index in [1.807, 2.05) is 4.90 Å². The van der Waals surface area contributed by atoms with Crippen LogP contribution in [0.15, 0.2) is 21.7 Å². The van der Waals surface area contributed by atoms with Gasteiger partial charge in [0.05, 0.1) is 0 Å². The molecule has 3 rings (SSSR count). The van der Waals surface area contributed by atoms with Gasteiger partial charge >= 0.3 is 0 Å². The van der Waals surface area contributed by atoms with E-state index in [1.165, 1.54) is 11.3 Å². The maximum absolute atomic E-state index is 12.0. The van der Waals surface area contributed by atoms with E-state index in [-0.39, 0.29) is 18.4 Å². The van der Waals surface area contributed by atoms with Gasteiger partial charge in [0, 0.05) is 25.0 Å². The van der Waals surface area contributed by atoms with Crippen LogP contribution in [0.5, 0.6) is 0 Å². The second kappa shape index (κ2) is 4.32. The quantitative estimate of drug-likeness (QED) is 0.890. The first-order chi connectivity index (χ1) is 8.56. The fourth-order valence-electron chi connectivity index (χ4n) is 2.24. The lowest BCUT2D eigenvalue weighted by atomic mass is 10.3. The number of hydrogen-bond donors (Lipinski definition) is 1. The minimum atomic E-state index is -3.46. The normalized spacial score (nSPS) is 24.8. The molecule has 1 saturated carbocycles. The van der Waals surface area contributed by atoms with Crippen LogP contribution in [-0.4, -0.2) is 37.9 Å². The van der Waals surface area contributed by atoms with Gasteiger partial charge in [0.2, 0.25) is 15.9 Å². The number of rotatable bonds is 4. The number of carbonyl (C=O) groups is 1. The van der Waals surface area contributed by atoms with E-state index in [9.17, 15) is 13.2 Å². The molecule has 5 nitrogen and oxygen atoms in total. The van der Waals surface area contributed by atoms with Crippen molar-refractivity contribution in [3.8, 4) is 0 Å². The summed E-state index contributed by atoms with van der Waals surface area (Å²) in [6.07, 6.45) is 2.38. The average molecular weight is 286 g/mol. The standard InChI is InChI=1S/C11H14N2O3S2/c14-10-6-8(7-13(10)9-3-4-9)12-18(15,16)11-2-1-5-17-11/h1-2,5,8-9,12H,3-4,6-7H2. The van der Waals surface area contributed by atoms with Gasteiger partial charge in [-0.15, -0.1) is 11.3 Å². The van der Waals surface area contributed by atoms with Crippen LogP contribution < -0.4 is 4.72 Å². The molecule has 1 amide bonds. The van der Waals surface area contributed by atoms with Crippen LogP contribution in [0.4, 0.5) is 0 Å². The molecule has 1 aromatic rings. The van der Waals surface area contributed by atoms with Gasteiger partial charge in [0.1, 0.15) is 4.21 Å². The van der Waals surface area contributed by atoms with Crippen molar-refractivity contribution in [1.29, 1.82) is 0 Å². The molecule has 0 spiro atoms. The SMILES string of the molecule is O=C1CC(NS(=O)(=O)c2cccs2)CN1C1CC1. The number of nitrogens with one attached hydrogen (secondary N) is 1. The van der Waals surface area contributed by atoms with Crippen molar-refractivity contribution < 1.29 is 13.2 Å². The van der Waals surface area contributed by atoms with Crippen LogP contribution in [0.2, 0.25) is 0 Å². The van der Waals surface area contributed by atoms with Crippen LogP contribution in [0.25, 0.3) is 0 Å². The van der Waals surface area contributed by atoms with E-state index < -0.39 is 10.0 Å². The molecule has 1 aliphatic heterocycles. The van der Waals surface area contributed by atoms with Gasteiger partial charge in [-0.3, -0.25) is 4.79 Å². The minimum absolute atomic E-state index is 0.0661. The smallest absolute Gasteiger partial charge is 0.250 e. The summed E-state index contributed by atoms with van der Waals surface area (Å²) in [5, 5.41) is 1.73. The predicted octanol–water partition coefficient (Wildman–Crippen LogP) is 0.790. The van der Waals surface area contributed by atoms with Gasteiger partial charge < -0.3 is 4.90 Å². The van der Waals surface area contributed by atoms with Crippen molar-refractivity contribution in [3.63, 3.8) is 0 Å². The molecule has 1 aliphatic carbocycles. The second-order valence-corrected chi connectivity index (χ2v) is 7.62. The van der Waals surface area contributed by atoms with Gasteiger partial charge in [-0.25, -0.2) is 13.1 Å². The number of likely N-dealkylation sites (tertiary alicyclic amines) is 1. The van der Waals surface area contributed by atoms with Gasteiger partial charge in [0.15, 0.2) is 0 Å². The number of nitrogens with zero attached hydrogens (tertiary/aromatic N) is 1. The summed E-state index contributed by atoms with van der Waals surface area (Å²) < 4.78 is 27.0. The molecular weight excluding hydrogens is 272 g/mol. The zero-order chi connectivity index (χ0) is 12.8. The van der Waals surface area contributed by atoms with Crippen molar-refractivity contribution in [1.82, 2.24) is 9.62 Å². The van der Waals surface area contributed by atoms with Crippen LogP contribution >= 0.6 is 11.3 Å². The molecule has 2 aliphatic rings. The third-order valence-corrected chi connectivity index (χ3v) is 6.15. The van der Waals surface area contributed by atoms with Gasteiger partial charge in [0.25, 0.3) is 0 Å². The molecule has 2 heterocycles. The molecule has 1 aromatic heterocycles. The molecule has 0 radical (unpaired) electrons. The average Bonchev–Trinajstić information content (AvgIpc) is 2.85. The molecular formula is C11H14N2O3S2. The summed E-state index contributed by atoms with van der Waals surface area (Å²) >= 11 is 1.18. The topological polar surface area (TPSA) is 66.5 Å². The molecule has 0 bridgehead atoms. The first kappa shape index (κ1) is 12.1. The van der Waals surface area contributed by atoms with Crippen molar-refractivity contribution in [3.05, 3.63) is 17.5 Å². The number of carbonyl (C=O) groups excluding carboxylic acids is 1.